The monoisotopic (exact) mass is 931 g/mol. The van der Waals surface area contributed by atoms with Gasteiger partial charge in [0, 0.05) is 60.6 Å². The van der Waals surface area contributed by atoms with E-state index in [9.17, 15) is 28.4 Å². The standard InChI is InChI=1S/C51H61N7O8S/c1-31(2)38-8-5-6-9-39(38)42-10-7-21-57(42)36-28-51(29-36)18-22-56(23-19-51)35-11-12-40(45(25-35)66-44-24-34-15-20-52-48(34)53-32(44)3)49(59)55-67(63,64)37-26-43(58(61)62)47-46(27-37)65-30-41(54-47)33-13-16-50(4,60)17-14-33/h5-6,8-9,11-12,15,20,24-27,31,33,36,41-42,54,60H,7,10,13-14,16-19,21-23,28-30H2,1-4H3,(H,52,53)(H,55,59)/t33?,41-,42-,50?/m1/s1. The molecule has 2 aliphatic carbocycles. The number of rotatable bonds is 11. The molecule has 2 atom stereocenters. The molecule has 67 heavy (non-hydrogen) atoms. The van der Waals surface area contributed by atoms with E-state index in [4.69, 9.17) is 9.47 Å². The molecule has 1 amide bonds. The van der Waals surface area contributed by atoms with Crippen LogP contribution in [0.25, 0.3) is 11.0 Å². The summed E-state index contributed by atoms with van der Waals surface area (Å²) in [4.78, 5) is 38.3. The van der Waals surface area contributed by atoms with Crippen molar-refractivity contribution in [2.75, 3.05) is 36.5 Å². The molecular weight excluding hydrogens is 871 g/mol. The maximum atomic E-state index is 14.2. The molecule has 0 unspecified atom stereocenters. The third-order valence-electron chi connectivity index (χ3n) is 15.6. The van der Waals surface area contributed by atoms with Crippen LogP contribution in [-0.2, 0) is 10.0 Å². The van der Waals surface area contributed by atoms with Crippen molar-refractivity contribution in [1.82, 2.24) is 19.6 Å². The Balaban J connectivity index is 0.866. The minimum Gasteiger partial charge on any atom is -0.489 e. The summed E-state index contributed by atoms with van der Waals surface area (Å²) in [5, 5.41) is 26.9. The summed E-state index contributed by atoms with van der Waals surface area (Å²) in [6.45, 7) is 11.2. The number of nitrogens with zero attached hydrogens (tertiary/aromatic N) is 4. The number of hydrogen-bond donors (Lipinski definition) is 4. The first-order valence-corrected chi connectivity index (χ1v) is 25.4. The van der Waals surface area contributed by atoms with Crippen molar-refractivity contribution in [3.8, 4) is 17.2 Å². The Morgan fingerprint density at radius 1 is 1.00 bits per heavy atom. The van der Waals surface area contributed by atoms with Gasteiger partial charge in [-0.1, -0.05) is 38.1 Å². The number of hydrogen-bond acceptors (Lipinski definition) is 12. The summed E-state index contributed by atoms with van der Waals surface area (Å²) < 4.78 is 42.7. The first-order valence-electron chi connectivity index (χ1n) is 23.9. The number of nitro groups is 1. The first-order chi connectivity index (χ1) is 32.1. The van der Waals surface area contributed by atoms with Crippen molar-refractivity contribution in [3.05, 3.63) is 105 Å². The van der Waals surface area contributed by atoms with Crippen LogP contribution >= 0.6 is 0 Å². The Morgan fingerprint density at radius 3 is 2.51 bits per heavy atom. The predicted molar refractivity (Wildman–Crippen MR) is 257 cm³/mol. The smallest absolute Gasteiger partial charge is 0.297 e. The molecular formula is C51H61N7O8S. The van der Waals surface area contributed by atoms with Gasteiger partial charge in [-0.15, -0.1) is 0 Å². The van der Waals surface area contributed by atoms with Crippen LogP contribution in [-0.4, -0.2) is 83.1 Å². The van der Waals surface area contributed by atoms with E-state index in [0.29, 0.717) is 66.2 Å². The number of benzene rings is 3. The number of piperidine rings is 1. The fourth-order valence-electron chi connectivity index (χ4n) is 11.7. The molecule has 5 heterocycles. The van der Waals surface area contributed by atoms with Crippen molar-refractivity contribution < 1.29 is 32.7 Å². The maximum absolute atomic E-state index is 14.2. The maximum Gasteiger partial charge on any atom is 0.297 e. The lowest BCUT2D eigenvalue weighted by Crippen LogP contribution is -2.54. The van der Waals surface area contributed by atoms with Crippen LogP contribution in [0.3, 0.4) is 0 Å². The number of pyridine rings is 1. The molecule has 2 aromatic heterocycles. The summed E-state index contributed by atoms with van der Waals surface area (Å²) in [5.74, 6) is 0.195. The summed E-state index contributed by atoms with van der Waals surface area (Å²) in [5.41, 5.74) is 4.17. The lowest BCUT2D eigenvalue weighted by molar-refractivity contribution is -0.384. The minimum atomic E-state index is -4.67. The molecule has 5 aromatic rings. The molecule has 16 heteroatoms. The van der Waals surface area contributed by atoms with Gasteiger partial charge in [-0.05, 0) is 137 Å². The molecule has 0 radical (unpaired) electrons. The second kappa shape index (κ2) is 17.4. The zero-order valence-electron chi connectivity index (χ0n) is 38.7. The Morgan fingerprint density at radius 2 is 1.76 bits per heavy atom. The van der Waals surface area contributed by atoms with Crippen molar-refractivity contribution in [2.45, 2.75) is 126 Å². The summed E-state index contributed by atoms with van der Waals surface area (Å²) in [6, 6.07) is 20.8. The number of nitro benzene ring substituents is 1. The van der Waals surface area contributed by atoms with Gasteiger partial charge in [0.2, 0.25) is 0 Å². The van der Waals surface area contributed by atoms with E-state index in [1.165, 1.54) is 42.9 Å². The highest BCUT2D eigenvalue weighted by Crippen LogP contribution is 2.54. The van der Waals surface area contributed by atoms with Gasteiger partial charge in [0.15, 0.2) is 11.4 Å². The number of carbonyl (C=O) groups excluding carboxylic acids is 1. The largest absolute Gasteiger partial charge is 0.489 e. The normalized spacial score (nSPS) is 24.2. The molecule has 15 nitrogen and oxygen atoms in total. The van der Waals surface area contributed by atoms with E-state index in [1.807, 2.05) is 25.1 Å². The molecule has 5 aliphatic rings. The Bertz CT molecular complexity index is 2820. The Labute approximate surface area is 391 Å². The highest BCUT2D eigenvalue weighted by Gasteiger charge is 2.50. The average molecular weight is 932 g/mol. The van der Waals surface area contributed by atoms with Crippen LogP contribution in [0.1, 0.15) is 124 Å². The zero-order valence-corrected chi connectivity index (χ0v) is 39.5. The number of H-pyrrole nitrogens is 1. The van der Waals surface area contributed by atoms with Gasteiger partial charge in [0.1, 0.15) is 23.8 Å². The number of anilines is 2. The van der Waals surface area contributed by atoms with Gasteiger partial charge < -0.3 is 29.8 Å². The van der Waals surface area contributed by atoms with Crippen molar-refractivity contribution in [2.24, 2.45) is 11.3 Å². The molecule has 2 saturated heterocycles. The second-order valence-electron chi connectivity index (χ2n) is 20.4. The molecule has 2 saturated carbocycles. The number of aromatic amines is 1. The van der Waals surface area contributed by atoms with Crippen molar-refractivity contribution >= 4 is 44.0 Å². The number of aryl methyl sites for hydroxylation is 1. The topological polar surface area (TPSA) is 192 Å². The average Bonchev–Trinajstić information content (AvgIpc) is 3.97. The van der Waals surface area contributed by atoms with Gasteiger partial charge in [-0.2, -0.15) is 0 Å². The summed E-state index contributed by atoms with van der Waals surface area (Å²) in [7, 11) is -4.67. The van der Waals surface area contributed by atoms with E-state index in [-0.39, 0.29) is 41.3 Å². The number of aliphatic hydroxyl groups is 1. The number of aromatic nitrogens is 2. The lowest BCUT2D eigenvalue weighted by Gasteiger charge is -2.56. The van der Waals surface area contributed by atoms with E-state index < -0.39 is 37.0 Å². The molecule has 0 bridgehead atoms. The number of carbonyl (C=O) groups is 1. The van der Waals surface area contributed by atoms with Gasteiger partial charge in [0.05, 0.1) is 32.7 Å². The molecule has 4 N–H and O–H groups in total. The molecule has 3 aliphatic heterocycles. The van der Waals surface area contributed by atoms with Gasteiger partial charge in [-0.25, -0.2) is 18.1 Å². The van der Waals surface area contributed by atoms with Gasteiger partial charge in [-0.3, -0.25) is 19.8 Å². The summed E-state index contributed by atoms with van der Waals surface area (Å²) in [6.07, 6.45) is 11.3. The van der Waals surface area contributed by atoms with Crippen molar-refractivity contribution in [1.29, 1.82) is 0 Å². The number of sulfonamides is 1. The van der Waals surface area contributed by atoms with Crippen LogP contribution < -0.4 is 24.4 Å². The van der Waals surface area contributed by atoms with Crippen LogP contribution in [0.2, 0.25) is 0 Å². The minimum absolute atomic E-state index is 0.00552. The highest BCUT2D eigenvalue weighted by molar-refractivity contribution is 7.90. The van der Waals surface area contributed by atoms with Gasteiger partial charge in [0.25, 0.3) is 21.6 Å². The number of amides is 1. The number of fused-ring (bicyclic) bond motifs is 2. The first kappa shape index (κ1) is 45.1. The van der Waals surface area contributed by atoms with Crippen LogP contribution in [0.5, 0.6) is 17.2 Å². The van der Waals surface area contributed by atoms with E-state index in [0.717, 1.165) is 49.6 Å². The zero-order chi connectivity index (χ0) is 46.8. The fraction of sp³-hybridized carbons (Fsp3) is 0.490. The summed E-state index contributed by atoms with van der Waals surface area (Å²) >= 11 is 0. The number of nitrogens with one attached hydrogen (secondary N) is 3. The molecule has 354 valence electrons. The van der Waals surface area contributed by atoms with Crippen LogP contribution in [0, 0.1) is 28.4 Å². The highest BCUT2D eigenvalue weighted by atomic mass is 32.2. The SMILES string of the molecule is Cc1nc2[nH]ccc2cc1Oc1cc(N2CCC3(CC2)CC(N2CCC[C@@H]2c2ccccc2C(C)C)C3)ccc1C(=O)NS(=O)(=O)c1cc2c(c([N+](=O)[O-])c1)N[C@@H](C1CCC(C)(O)CC1)CO2. The third-order valence-corrected chi connectivity index (χ3v) is 16.9. The molecule has 3 aromatic carbocycles. The number of likely N-dealkylation sites (tertiary alicyclic amines) is 1. The predicted octanol–water partition coefficient (Wildman–Crippen LogP) is 9.51. The molecule has 4 fully saturated rings. The molecule has 1 spiro atoms. The van der Waals surface area contributed by atoms with E-state index >= 15 is 0 Å². The van der Waals surface area contributed by atoms with Gasteiger partial charge >= 0.3 is 0 Å². The van der Waals surface area contributed by atoms with E-state index in [2.05, 4.69) is 67.9 Å². The lowest BCUT2D eigenvalue weighted by atomic mass is 9.59. The van der Waals surface area contributed by atoms with E-state index in [1.54, 1.807) is 25.3 Å². The third kappa shape index (κ3) is 8.83. The Hall–Kier alpha value is -5.71. The Kier molecular flexibility index (Phi) is 11.7. The second-order valence-corrected chi connectivity index (χ2v) is 22.1. The molecule has 10 rings (SSSR count). The van der Waals surface area contributed by atoms with Crippen molar-refractivity contribution in [3.63, 3.8) is 0 Å². The number of ether oxygens (including phenoxy) is 2. The quantitative estimate of drug-likeness (QED) is 0.0726. The fourth-order valence-corrected chi connectivity index (χ4v) is 12.7. The van der Waals surface area contributed by atoms with Crippen LogP contribution in [0.4, 0.5) is 17.1 Å². The van der Waals surface area contributed by atoms with Crippen LogP contribution in [0.15, 0.2) is 77.8 Å².